The van der Waals surface area contributed by atoms with Crippen LogP contribution in [0.2, 0.25) is 0 Å². The second-order valence-corrected chi connectivity index (χ2v) is 5.91. The van der Waals surface area contributed by atoms with Gasteiger partial charge in [-0.2, -0.15) is 0 Å². The first-order valence-electron chi connectivity index (χ1n) is 6.93. The first-order valence-corrected chi connectivity index (χ1v) is 7.72. The summed E-state index contributed by atoms with van der Waals surface area (Å²) in [7, 11) is 0. The van der Waals surface area contributed by atoms with Crippen LogP contribution in [0, 0.1) is 0 Å². The highest BCUT2D eigenvalue weighted by Gasteiger charge is 2.04. The molecule has 0 aliphatic rings. The van der Waals surface area contributed by atoms with E-state index in [1.807, 2.05) is 36.4 Å². The fraction of sp³-hybridized carbons (Fsp3) is 0.176. The normalized spacial score (nSPS) is 10.9. The highest BCUT2D eigenvalue weighted by Crippen LogP contribution is 2.15. The molecule has 0 amide bonds. The van der Waals surface area contributed by atoms with Crippen molar-refractivity contribution in [2.45, 2.75) is 19.4 Å². The van der Waals surface area contributed by atoms with Gasteiger partial charge in [0.05, 0.1) is 17.2 Å². The van der Waals surface area contributed by atoms with Crippen LogP contribution < -0.4 is 5.56 Å². The summed E-state index contributed by atoms with van der Waals surface area (Å²) in [5.41, 5.74) is 2.05. The van der Waals surface area contributed by atoms with Gasteiger partial charge >= 0.3 is 0 Å². The lowest BCUT2D eigenvalue weighted by Gasteiger charge is -2.07. The van der Waals surface area contributed by atoms with Gasteiger partial charge in [-0.25, -0.2) is 4.98 Å². The topological polar surface area (TPSA) is 34.9 Å². The van der Waals surface area contributed by atoms with Crippen molar-refractivity contribution < 1.29 is 0 Å². The number of fused-ring (bicyclic) bond motifs is 1. The molecule has 3 rings (SSSR count). The monoisotopic (exact) mass is 342 g/mol. The van der Waals surface area contributed by atoms with Crippen molar-refractivity contribution in [3.63, 3.8) is 0 Å². The number of hydrogen-bond acceptors (Lipinski definition) is 2. The second kappa shape index (κ2) is 6.22. The molecule has 4 heteroatoms. The summed E-state index contributed by atoms with van der Waals surface area (Å²) in [6, 6.07) is 15.9. The Bertz CT molecular complexity index is 812. The molecule has 0 unspecified atom stereocenters. The molecule has 0 bridgehead atoms. The lowest BCUT2D eigenvalue weighted by atomic mass is 10.1. The maximum absolute atomic E-state index is 12.4. The van der Waals surface area contributed by atoms with Crippen LogP contribution in [0.5, 0.6) is 0 Å². The quantitative estimate of drug-likeness (QED) is 0.722. The van der Waals surface area contributed by atoms with Gasteiger partial charge in [-0.3, -0.25) is 9.36 Å². The van der Waals surface area contributed by atoms with Crippen LogP contribution in [0.4, 0.5) is 0 Å². The number of aromatic nitrogens is 2. The van der Waals surface area contributed by atoms with Crippen LogP contribution in [0.1, 0.15) is 12.0 Å². The van der Waals surface area contributed by atoms with Crippen molar-refractivity contribution in [2.24, 2.45) is 0 Å². The minimum Gasteiger partial charge on any atom is -0.299 e. The molecule has 0 radical (unpaired) electrons. The smallest absolute Gasteiger partial charge is 0.261 e. The van der Waals surface area contributed by atoms with Crippen molar-refractivity contribution in [2.75, 3.05) is 0 Å². The predicted molar refractivity (Wildman–Crippen MR) is 88.5 cm³/mol. The van der Waals surface area contributed by atoms with Crippen molar-refractivity contribution in [3.8, 4) is 0 Å². The van der Waals surface area contributed by atoms with E-state index in [-0.39, 0.29) is 5.56 Å². The standard InChI is InChI=1S/C17H15BrN2O/c18-14-8-9-16-15(11-14)17(21)20(12-19-16)10-4-7-13-5-2-1-3-6-13/h1-3,5-6,8-9,11-12H,4,7,10H2. The summed E-state index contributed by atoms with van der Waals surface area (Å²) in [6.45, 7) is 0.684. The zero-order chi connectivity index (χ0) is 14.7. The third-order valence-corrected chi connectivity index (χ3v) is 3.99. The average Bonchev–Trinajstić information content (AvgIpc) is 2.51. The van der Waals surface area contributed by atoms with E-state index in [0.717, 1.165) is 22.8 Å². The highest BCUT2D eigenvalue weighted by atomic mass is 79.9. The first kappa shape index (κ1) is 14.0. The Morgan fingerprint density at radius 2 is 1.90 bits per heavy atom. The summed E-state index contributed by atoms with van der Waals surface area (Å²) in [4.78, 5) is 16.8. The average molecular weight is 343 g/mol. The van der Waals surface area contributed by atoms with E-state index in [2.05, 4.69) is 33.0 Å². The molecule has 0 atom stereocenters. The number of halogens is 1. The molecule has 0 aliphatic heterocycles. The van der Waals surface area contributed by atoms with E-state index in [0.29, 0.717) is 11.9 Å². The van der Waals surface area contributed by atoms with E-state index in [4.69, 9.17) is 0 Å². The largest absolute Gasteiger partial charge is 0.299 e. The Morgan fingerprint density at radius 3 is 2.71 bits per heavy atom. The molecule has 1 heterocycles. The fourth-order valence-electron chi connectivity index (χ4n) is 2.39. The number of hydrogen-bond donors (Lipinski definition) is 0. The molecule has 0 spiro atoms. The van der Waals surface area contributed by atoms with Gasteiger partial charge in [0.15, 0.2) is 0 Å². The van der Waals surface area contributed by atoms with Crippen LogP contribution in [0.3, 0.4) is 0 Å². The van der Waals surface area contributed by atoms with Crippen molar-refractivity contribution >= 4 is 26.8 Å². The van der Waals surface area contributed by atoms with Gasteiger partial charge in [0.25, 0.3) is 5.56 Å². The van der Waals surface area contributed by atoms with Crippen molar-refractivity contribution in [1.29, 1.82) is 0 Å². The summed E-state index contributed by atoms with van der Waals surface area (Å²) < 4.78 is 2.59. The Kier molecular flexibility index (Phi) is 4.15. The Hall–Kier alpha value is -1.94. The number of rotatable bonds is 4. The number of aryl methyl sites for hydroxylation is 2. The van der Waals surface area contributed by atoms with Crippen LogP contribution in [-0.2, 0) is 13.0 Å². The highest BCUT2D eigenvalue weighted by molar-refractivity contribution is 9.10. The second-order valence-electron chi connectivity index (χ2n) is 4.99. The van der Waals surface area contributed by atoms with E-state index in [1.54, 1.807) is 10.9 Å². The third kappa shape index (κ3) is 3.22. The molecule has 0 N–H and O–H groups in total. The Morgan fingerprint density at radius 1 is 1.10 bits per heavy atom. The molecule has 3 aromatic rings. The SMILES string of the molecule is O=c1c2cc(Br)ccc2ncn1CCCc1ccccc1. The number of benzene rings is 2. The van der Waals surface area contributed by atoms with Crippen LogP contribution in [0.15, 0.2) is 64.1 Å². The summed E-state index contributed by atoms with van der Waals surface area (Å²) in [5, 5.41) is 0.659. The Labute approximate surface area is 131 Å². The van der Waals surface area contributed by atoms with Gasteiger partial charge < -0.3 is 0 Å². The molecule has 21 heavy (non-hydrogen) atoms. The Balaban J connectivity index is 1.78. The third-order valence-electron chi connectivity index (χ3n) is 3.49. The predicted octanol–water partition coefficient (Wildman–Crippen LogP) is 3.79. The van der Waals surface area contributed by atoms with E-state index >= 15 is 0 Å². The lowest BCUT2D eigenvalue weighted by Crippen LogP contribution is -2.20. The van der Waals surface area contributed by atoms with Gasteiger partial charge in [-0.15, -0.1) is 0 Å². The van der Waals surface area contributed by atoms with Gasteiger partial charge in [-0.05, 0) is 36.6 Å². The van der Waals surface area contributed by atoms with Gasteiger partial charge in [0, 0.05) is 11.0 Å². The van der Waals surface area contributed by atoms with Crippen molar-refractivity contribution in [1.82, 2.24) is 9.55 Å². The van der Waals surface area contributed by atoms with E-state index < -0.39 is 0 Å². The lowest BCUT2D eigenvalue weighted by molar-refractivity contribution is 0.617. The summed E-state index contributed by atoms with van der Waals surface area (Å²) in [6.07, 6.45) is 3.53. The molecule has 106 valence electrons. The molecule has 1 aromatic heterocycles. The number of nitrogens with zero attached hydrogens (tertiary/aromatic N) is 2. The minimum absolute atomic E-state index is 0.0226. The molecule has 0 saturated heterocycles. The summed E-state index contributed by atoms with van der Waals surface area (Å²) >= 11 is 3.40. The van der Waals surface area contributed by atoms with E-state index in [9.17, 15) is 4.79 Å². The fourth-order valence-corrected chi connectivity index (χ4v) is 2.75. The summed E-state index contributed by atoms with van der Waals surface area (Å²) in [5.74, 6) is 0. The van der Waals surface area contributed by atoms with Crippen molar-refractivity contribution in [3.05, 3.63) is 75.2 Å². The van der Waals surface area contributed by atoms with Gasteiger partial charge in [-0.1, -0.05) is 46.3 Å². The van der Waals surface area contributed by atoms with Crippen LogP contribution in [-0.4, -0.2) is 9.55 Å². The molecule has 2 aromatic carbocycles. The molecule has 0 fully saturated rings. The van der Waals surface area contributed by atoms with Crippen LogP contribution >= 0.6 is 15.9 Å². The maximum Gasteiger partial charge on any atom is 0.261 e. The molecule has 0 aliphatic carbocycles. The first-order chi connectivity index (χ1) is 10.2. The molecular weight excluding hydrogens is 328 g/mol. The zero-order valence-corrected chi connectivity index (χ0v) is 13.1. The molecule has 0 saturated carbocycles. The minimum atomic E-state index is 0.0226. The zero-order valence-electron chi connectivity index (χ0n) is 11.5. The molecular formula is C17H15BrN2O. The van der Waals surface area contributed by atoms with Crippen LogP contribution in [0.25, 0.3) is 10.9 Å². The van der Waals surface area contributed by atoms with Gasteiger partial charge in [0.2, 0.25) is 0 Å². The van der Waals surface area contributed by atoms with E-state index in [1.165, 1.54) is 5.56 Å². The maximum atomic E-state index is 12.4. The molecule has 3 nitrogen and oxygen atoms in total. The van der Waals surface area contributed by atoms with Gasteiger partial charge in [0.1, 0.15) is 0 Å².